The number of ketones is 1. The van der Waals surface area contributed by atoms with Crippen LogP contribution in [0, 0.1) is 5.92 Å². The lowest BCUT2D eigenvalue weighted by Gasteiger charge is -2.21. The lowest BCUT2D eigenvalue weighted by atomic mass is 9.89. The Balaban J connectivity index is 1.57. The van der Waals surface area contributed by atoms with Crippen LogP contribution in [0.4, 0.5) is 5.69 Å². The van der Waals surface area contributed by atoms with Crippen molar-refractivity contribution in [2.45, 2.75) is 45.7 Å². The minimum Gasteiger partial charge on any atom is -0.417 e. The molecular weight excluding hydrogens is 498 g/mol. The standard InChI is InChI=1S/C28H31N7O4/c1-17(2)22(23(37)25-33-34-27(39-25)28(3,4)20-13-9-10-14-30-20)32-21(36)16-35-24(18-11-7-6-8-12-18)31-15-19(29-5)26(35)38/h6-15,17,22,29H,16H2,1-5H3,(H,32,36). The van der Waals surface area contributed by atoms with E-state index in [-0.39, 0.29) is 29.9 Å². The molecule has 1 atom stereocenters. The van der Waals surface area contributed by atoms with Gasteiger partial charge in [0.15, 0.2) is 0 Å². The fourth-order valence-corrected chi connectivity index (χ4v) is 4.08. The first-order valence-corrected chi connectivity index (χ1v) is 12.6. The number of carbonyl (C=O) groups excluding carboxylic acids is 2. The van der Waals surface area contributed by atoms with E-state index in [1.165, 1.54) is 10.8 Å². The Labute approximate surface area is 225 Å². The number of nitrogens with zero attached hydrogens (tertiary/aromatic N) is 5. The quantitative estimate of drug-likeness (QED) is 0.296. The lowest BCUT2D eigenvalue weighted by Crippen LogP contribution is -2.46. The van der Waals surface area contributed by atoms with E-state index in [1.807, 2.05) is 44.2 Å². The molecule has 0 aliphatic carbocycles. The Kier molecular flexibility index (Phi) is 7.99. The SMILES string of the molecule is CNc1cnc(-c2ccccc2)n(CC(=O)NC(C(=O)c2nnc(C(C)(C)c3ccccn3)o2)C(C)C)c1=O. The average molecular weight is 530 g/mol. The summed E-state index contributed by atoms with van der Waals surface area (Å²) in [5.74, 6) is -1.01. The van der Waals surface area contributed by atoms with Crippen molar-refractivity contribution in [3.8, 4) is 11.4 Å². The first-order valence-electron chi connectivity index (χ1n) is 12.6. The smallest absolute Gasteiger partial charge is 0.286 e. The summed E-state index contributed by atoms with van der Waals surface area (Å²) in [5, 5.41) is 13.6. The molecule has 0 saturated heterocycles. The van der Waals surface area contributed by atoms with Gasteiger partial charge in [0, 0.05) is 18.8 Å². The molecule has 39 heavy (non-hydrogen) atoms. The zero-order valence-corrected chi connectivity index (χ0v) is 22.5. The van der Waals surface area contributed by atoms with Crippen molar-refractivity contribution in [3.63, 3.8) is 0 Å². The highest BCUT2D eigenvalue weighted by Gasteiger charge is 2.35. The molecule has 4 rings (SSSR count). The number of pyridine rings is 1. The maximum atomic E-state index is 13.4. The topological polar surface area (TPSA) is 145 Å². The number of amides is 1. The van der Waals surface area contributed by atoms with Crippen LogP contribution in [0.2, 0.25) is 0 Å². The van der Waals surface area contributed by atoms with Crippen LogP contribution in [0.25, 0.3) is 11.4 Å². The van der Waals surface area contributed by atoms with Crippen molar-refractivity contribution in [3.05, 3.63) is 88.8 Å². The summed E-state index contributed by atoms with van der Waals surface area (Å²) in [4.78, 5) is 48.4. The molecule has 11 heteroatoms. The molecule has 0 saturated carbocycles. The second-order valence-electron chi connectivity index (χ2n) is 9.91. The summed E-state index contributed by atoms with van der Waals surface area (Å²) in [7, 11) is 1.60. The van der Waals surface area contributed by atoms with Crippen molar-refractivity contribution >= 4 is 17.4 Å². The molecule has 11 nitrogen and oxygen atoms in total. The highest BCUT2D eigenvalue weighted by Crippen LogP contribution is 2.29. The fourth-order valence-electron chi connectivity index (χ4n) is 4.08. The van der Waals surface area contributed by atoms with Gasteiger partial charge < -0.3 is 15.1 Å². The summed E-state index contributed by atoms with van der Waals surface area (Å²) >= 11 is 0. The monoisotopic (exact) mass is 529 g/mol. The number of rotatable bonds is 10. The van der Waals surface area contributed by atoms with Crippen LogP contribution in [0.3, 0.4) is 0 Å². The Hall–Kier alpha value is -4.67. The zero-order valence-electron chi connectivity index (χ0n) is 22.5. The zero-order chi connectivity index (χ0) is 28.2. The van der Waals surface area contributed by atoms with Gasteiger partial charge in [-0.2, -0.15) is 0 Å². The van der Waals surface area contributed by atoms with Gasteiger partial charge in [-0.3, -0.25) is 23.9 Å². The molecule has 1 aromatic carbocycles. The predicted molar refractivity (Wildman–Crippen MR) is 145 cm³/mol. The second kappa shape index (κ2) is 11.4. The normalized spacial score (nSPS) is 12.3. The lowest BCUT2D eigenvalue weighted by molar-refractivity contribution is -0.122. The summed E-state index contributed by atoms with van der Waals surface area (Å²) in [5.41, 5.74) is 0.484. The van der Waals surface area contributed by atoms with E-state index < -0.39 is 28.7 Å². The Bertz CT molecular complexity index is 1510. The molecular formula is C28H31N7O4. The molecule has 2 N–H and O–H groups in total. The fraction of sp³-hybridized carbons (Fsp3) is 0.321. The van der Waals surface area contributed by atoms with Crippen LogP contribution in [0.15, 0.2) is 70.1 Å². The van der Waals surface area contributed by atoms with Gasteiger partial charge in [-0.25, -0.2) is 4.98 Å². The Morgan fingerprint density at radius 1 is 1.03 bits per heavy atom. The predicted octanol–water partition coefficient (Wildman–Crippen LogP) is 3.08. The summed E-state index contributed by atoms with van der Waals surface area (Å²) < 4.78 is 7.06. The number of Topliss-reactive ketones (excluding diaryl/α,β-unsaturated/α-hetero) is 1. The minimum absolute atomic E-state index is 0.214. The molecule has 202 valence electrons. The Morgan fingerprint density at radius 2 is 1.74 bits per heavy atom. The van der Waals surface area contributed by atoms with Crippen LogP contribution in [0.1, 0.15) is 50.0 Å². The molecule has 0 aliphatic heterocycles. The highest BCUT2D eigenvalue weighted by molar-refractivity contribution is 5.98. The third-order valence-corrected chi connectivity index (χ3v) is 6.39. The van der Waals surface area contributed by atoms with Crippen LogP contribution in [-0.2, 0) is 16.8 Å². The van der Waals surface area contributed by atoms with Gasteiger partial charge in [-0.1, -0.05) is 50.2 Å². The third kappa shape index (κ3) is 5.77. The van der Waals surface area contributed by atoms with Gasteiger partial charge in [0.2, 0.25) is 17.6 Å². The molecule has 0 fully saturated rings. The van der Waals surface area contributed by atoms with Crippen LogP contribution in [-0.4, -0.2) is 49.5 Å². The van der Waals surface area contributed by atoms with E-state index in [4.69, 9.17) is 4.42 Å². The maximum absolute atomic E-state index is 13.4. The maximum Gasteiger partial charge on any atom is 0.286 e. The second-order valence-corrected chi connectivity index (χ2v) is 9.91. The van der Waals surface area contributed by atoms with Gasteiger partial charge in [-0.15, -0.1) is 10.2 Å². The molecule has 4 aromatic rings. The number of hydrogen-bond acceptors (Lipinski definition) is 9. The number of hydrogen-bond donors (Lipinski definition) is 2. The largest absolute Gasteiger partial charge is 0.417 e. The Morgan fingerprint density at radius 3 is 2.38 bits per heavy atom. The average Bonchev–Trinajstić information content (AvgIpc) is 3.45. The van der Waals surface area contributed by atoms with Crippen LogP contribution in [0.5, 0.6) is 0 Å². The van der Waals surface area contributed by atoms with E-state index >= 15 is 0 Å². The van der Waals surface area contributed by atoms with Crippen LogP contribution >= 0.6 is 0 Å². The molecule has 0 aliphatic rings. The molecule has 0 spiro atoms. The highest BCUT2D eigenvalue weighted by atomic mass is 16.4. The first-order chi connectivity index (χ1) is 18.6. The minimum atomic E-state index is -0.958. The summed E-state index contributed by atoms with van der Waals surface area (Å²) in [6, 6.07) is 13.6. The van der Waals surface area contributed by atoms with Crippen molar-refractivity contribution < 1.29 is 14.0 Å². The number of benzene rings is 1. The summed E-state index contributed by atoms with van der Waals surface area (Å²) in [6.07, 6.45) is 3.10. The van der Waals surface area contributed by atoms with Crippen molar-refractivity contribution in [1.29, 1.82) is 0 Å². The van der Waals surface area contributed by atoms with Crippen molar-refractivity contribution in [2.75, 3.05) is 12.4 Å². The molecule has 1 amide bonds. The summed E-state index contributed by atoms with van der Waals surface area (Å²) in [6.45, 7) is 6.98. The van der Waals surface area contributed by atoms with Crippen molar-refractivity contribution in [2.24, 2.45) is 5.92 Å². The van der Waals surface area contributed by atoms with E-state index in [0.717, 1.165) is 0 Å². The third-order valence-electron chi connectivity index (χ3n) is 6.39. The first kappa shape index (κ1) is 27.4. The van der Waals surface area contributed by atoms with E-state index in [2.05, 4.69) is 30.8 Å². The molecule has 0 bridgehead atoms. The van der Waals surface area contributed by atoms with Gasteiger partial charge in [0.25, 0.3) is 11.4 Å². The van der Waals surface area contributed by atoms with Crippen molar-refractivity contribution in [1.82, 2.24) is 30.0 Å². The number of nitrogens with one attached hydrogen (secondary N) is 2. The van der Waals surface area contributed by atoms with Crippen LogP contribution < -0.4 is 16.2 Å². The van der Waals surface area contributed by atoms with E-state index in [9.17, 15) is 14.4 Å². The van der Waals surface area contributed by atoms with Gasteiger partial charge in [0.05, 0.1) is 23.3 Å². The molecule has 3 aromatic heterocycles. The van der Waals surface area contributed by atoms with Gasteiger partial charge in [-0.05, 0) is 31.9 Å². The van der Waals surface area contributed by atoms with Gasteiger partial charge >= 0.3 is 0 Å². The molecule has 1 unspecified atom stereocenters. The molecule has 0 radical (unpaired) electrons. The molecule has 3 heterocycles. The number of anilines is 1. The number of carbonyl (C=O) groups is 2. The van der Waals surface area contributed by atoms with Gasteiger partial charge in [0.1, 0.15) is 18.1 Å². The number of aromatic nitrogens is 5. The van der Waals surface area contributed by atoms with E-state index in [0.29, 0.717) is 17.1 Å². The van der Waals surface area contributed by atoms with E-state index in [1.54, 1.807) is 45.3 Å².